The SMILES string of the molecule is COc1cc2c(cc1CO)CC(C)NC2. The van der Waals surface area contributed by atoms with Crippen molar-refractivity contribution in [3.8, 4) is 5.75 Å². The van der Waals surface area contributed by atoms with Gasteiger partial charge in [0, 0.05) is 18.2 Å². The van der Waals surface area contributed by atoms with Crippen LogP contribution in [0.4, 0.5) is 0 Å². The number of aliphatic hydroxyl groups excluding tert-OH is 1. The third kappa shape index (κ3) is 1.98. The maximum Gasteiger partial charge on any atom is 0.124 e. The lowest BCUT2D eigenvalue weighted by atomic mass is 9.94. The van der Waals surface area contributed by atoms with Crippen LogP contribution in [0.25, 0.3) is 0 Å². The van der Waals surface area contributed by atoms with E-state index in [1.165, 1.54) is 11.1 Å². The van der Waals surface area contributed by atoms with Crippen molar-refractivity contribution >= 4 is 0 Å². The molecule has 0 aromatic heterocycles. The molecule has 1 aromatic rings. The first-order chi connectivity index (χ1) is 7.24. The third-order valence-electron chi connectivity index (χ3n) is 2.94. The summed E-state index contributed by atoms with van der Waals surface area (Å²) in [7, 11) is 1.64. The molecule has 1 aromatic carbocycles. The van der Waals surface area contributed by atoms with Crippen LogP contribution >= 0.6 is 0 Å². The number of fused-ring (bicyclic) bond motifs is 1. The van der Waals surface area contributed by atoms with Crippen molar-refractivity contribution in [1.82, 2.24) is 5.32 Å². The van der Waals surface area contributed by atoms with Crippen molar-refractivity contribution in [3.05, 3.63) is 28.8 Å². The Bertz CT molecular complexity index is 363. The minimum Gasteiger partial charge on any atom is -0.496 e. The largest absolute Gasteiger partial charge is 0.496 e. The Balaban J connectivity index is 2.41. The van der Waals surface area contributed by atoms with Crippen molar-refractivity contribution in [3.63, 3.8) is 0 Å². The lowest BCUT2D eigenvalue weighted by Gasteiger charge is -2.24. The average Bonchev–Trinajstić information content (AvgIpc) is 2.27. The molecule has 0 fully saturated rings. The van der Waals surface area contributed by atoms with Crippen LogP contribution in [0.5, 0.6) is 5.75 Å². The van der Waals surface area contributed by atoms with Gasteiger partial charge in [-0.1, -0.05) is 0 Å². The number of aliphatic hydroxyl groups is 1. The molecule has 1 unspecified atom stereocenters. The van der Waals surface area contributed by atoms with E-state index in [0.29, 0.717) is 6.04 Å². The van der Waals surface area contributed by atoms with E-state index in [9.17, 15) is 5.11 Å². The van der Waals surface area contributed by atoms with Gasteiger partial charge in [-0.25, -0.2) is 0 Å². The molecule has 2 rings (SSSR count). The summed E-state index contributed by atoms with van der Waals surface area (Å²) < 4.78 is 5.24. The van der Waals surface area contributed by atoms with E-state index in [1.54, 1.807) is 7.11 Å². The standard InChI is InChI=1S/C12H17NO2/c1-8-3-9-4-11(7-14)12(15-2)5-10(9)6-13-8/h4-5,8,13-14H,3,6-7H2,1-2H3. The molecule has 0 aliphatic carbocycles. The summed E-state index contributed by atoms with van der Waals surface area (Å²) in [6.07, 6.45) is 1.02. The highest BCUT2D eigenvalue weighted by atomic mass is 16.5. The molecule has 0 radical (unpaired) electrons. The first-order valence-corrected chi connectivity index (χ1v) is 5.27. The van der Waals surface area contributed by atoms with Crippen LogP contribution in [0.3, 0.4) is 0 Å². The summed E-state index contributed by atoms with van der Waals surface area (Å²) in [6, 6.07) is 4.60. The molecular formula is C12H17NO2. The van der Waals surface area contributed by atoms with Gasteiger partial charge in [0.15, 0.2) is 0 Å². The van der Waals surface area contributed by atoms with Crippen LogP contribution in [0.15, 0.2) is 12.1 Å². The molecule has 0 bridgehead atoms. The molecule has 0 saturated heterocycles. The highest BCUT2D eigenvalue weighted by Crippen LogP contribution is 2.26. The number of methoxy groups -OCH3 is 1. The van der Waals surface area contributed by atoms with Crippen molar-refractivity contribution in [2.45, 2.75) is 32.5 Å². The number of nitrogens with one attached hydrogen (secondary N) is 1. The summed E-state index contributed by atoms with van der Waals surface area (Å²) >= 11 is 0. The molecule has 0 spiro atoms. The normalized spacial score (nSPS) is 19.8. The molecule has 1 atom stereocenters. The summed E-state index contributed by atoms with van der Waals surface area (Å²) in [6.45, 7) is 3.10. The van der Waals surface area contributed by atoms with Crippen LogP contribution in [0.2, 0.25) is 0 Å². The Labute approximate surface area is 90.1 Å². The lowest BCUT2D eigenvalue weighted by molar-refractivity contribution is 0.273. The second kappa shape index (κ2) is 4.21. The molecule has 1 aliphatic heterocycles. The van der Waals surface area contributed by atoms with E-state index < -0.39 is 0 Å². The fraction of sp³-hybridized carbons (Fsp3) is 0.500. The van der Waals surface area contributed by atoms with Crippen molar-refractivity contribution in [2.24, 2.45) is 0 Å². The molecule has 3 heteroatoms. The van der Waals surface area contributed by atoms with E-state index in [2.05, 4.69) is 18.3 Å². The molecule has 82 valence electrons. The first-order valence-electron chi connectivity index (χ1n) is 5.27. The van der Waals surface area contributed by atoms with E-state index in [-0.39, 0.29) is 6.61 Å². The number of benzene rings is 1. The van der Waals surface area contributed by atoms with Crippen LogP contribution in [0.1, 0.15) is 23.6 Å². The maximum absolute atomic E-state index is 9.22. The van der Waals surface area contributed by atoms with Gasteiger partial charge in [-0.2, -0.15) is 0 Å². The zero-order valence-corrected chi connectivity index (χ0v) is 9.21. The second-order valence-electron chi connectivity index (χ2n) is 4.08. The Morgan fingerprint density at radius 2 is 2.27 bits per heavy atom. The van der Waals surface area contributed by atoms with Gasteiger partial charge in [0.05, 0.1) is 13.7 Å². The van der Waals surface area contributed by atoms with Crippen molar-refractivity contribution in [2.75, 3.05) is 7.11 Å². The van der Waals surface area contributed by atoms with Gasteiger partial charge in [0.2, 0.25) is 0 Å². The molecule has 0 amide bonds. The second-order valence-corrected chi connectivity index (χ2v) is 4.08. The van der Waals surface area contributed by atoms with Gasteiger partial charge < -0.3 is 15.2 Å². The fourth-order valence-corrected chi connectivity index (χ4v) is 2.07. The molecule has 0 saturated carbocycles. The predicted molar refractivity (Wildman–Crippen MR) is 58.9 cm³/mol. The third-order valence-corrected chi connectivity index (χ3v) is 2.94. The molecule has 1 aliphatic rings. The Kier molecular flexibility index (Phi) is 2.93. The minimum atomic E-state index is 0.0399. The fourth-order valence-electron chi connectivity index (χ4n) is 2.07. The zero-order chi connectivity index (χ0) is 10.8. The number of rotatable bonds is 2. The van der Waals surface area contributed by atoms with E-state index in [4.69, 9.17) is 4.74 Å². The minimum absolute atomic E-state index is 0.0399. The summed E-state index contributed by atoms with van der Waals surface area (Å²) in [5, 5.41) is 12.6. The van der Waals surface area contributed by atoms with Gasteiger partial charge >= 0.3 is 0 Å². The summed E-state index contributed by atoms with van der Waals surface area (Å²) in [4.78, 5) is 0. The van der Waals surface area contributed by atoms with Gasteiger partial charge in [-0.15, -0.1) is 0 Å². The monoisotopic (exact) mass is 207 g/mol. The summed E-state index contributed by atoms with van der Waals surface area (Å²) in [5.41, 5.74) is 3.48. The van der Waals surface area contributed by atoms with Gasteiger partial charge in [0.1, 0.15) is 5.75 Å². The smallest absolute Gasteiger partial charge is 0.124 e. The van der Waals surface area contributed by atoms with E-state index in [0.717, 1.165) is 24.3 Å². The molecule has 1 heterocycles. The predicted octanol–water partition coefficient (Wildman–Crippen LogP) is 1.22. The highest BCUT2D eigenvalue weighted by molar-refractivity contribution is 5.43. The average molecular weight is 207 g/mol. The Morgan fingerprint density at radius 3 is 2.93 bits per heavy atom. The van der Waals surface area contributed by atoms with Crippen LogP contribution in [0, 0.1) is 0 Å². The maximum atomic E-state index is 9.22. The molecule has 3 nitrogen and oxygen atoms in total. The van der Waals surface area contributed by atoms with E-state index >= 15 is 0 Å². The number of hydrogen-bond donors (Lipinski definition) is 2. The van der Waals surface area contributed by atoms with Crippen LogP contribution in [-0.2, 0) is 19.6 Å². The zero-order valence-electron chi connectivity index (χ0n) is 9.21. The van der Waals surface area contributed by atoms with Crippen molar-refractivity contribution in [1.29, 1.82) is 0 Å². The molecule has 2 N–H and O–H groups in total. The van der Waals surface area contributed by atoms with Gasteiger partial charge in [0.25, 0.3) is 0 Å². The summed E-state index contributed by atoms with van der Waals surface area (Å²) in [5.74, 6) is 0.785. The quantitative estimate of drug-likeness (QED) is 0.766. The topological polar surface area (TPSA) is 41.5 Å². The molecule has 15 heavy (non-hydrogen) atoms. The van der Waals surface area contributed by atoms with Gasteiger partial charge in [-0.3, -0.25) is 0 Å². The van der Waals surface area contributed by atoms with Crippen LogP contribution < -0.4 is 10.1 Å². The Hall–Kier alpha value is -1.06. The van der Waals surface area contributed by atoms with E-state index in [1.807, 2.05) is 6.07 Å². The lowest BCUT2D eigenvalue weighted by Crippen LogP contribution is -2.32. The van der Waals surface area contributed by atoms with Crippen LogP contribution in [-0.4, -0.2) is 18.3 Å². The highest BCUT2D eigenvalue weighted by Gasteiger charge is 2.16. The molecular weight excluding hydrogens is 190 g/mol. The number of ether oxygens (including phenoxy) is 1. The Morgan fingerprint density at radius 1 is 1.47 bits per heavy atom. The first kappa shape index (κ1) is 10.5. The number of hydrogen-bond acceptors (Lipinski definition) is 3. The van der Waals surface area contributed by atoms with Gasteiger partial charge in [-0.05, 0) is 36.6 Å². The van der Waals surface area contributed by atoms with Crippen molar-refractivity contribution < 1.29 is 9.84 Å².